The molecule has 2 aliphatic rings. The first-order chi connectivity index (χ1) is 14.2. The van der Waals surface area contributed by atoms with E-state index in [0.717, 1.165) is 50.9 Å². The maximum absolute atomic E-state index is 6.02. The number of nitrogens with one attached hydrogen (secondary N) is 2. The van der Waals surface area contributed by atoms with Gasteiger partial charge in [-0.2, -0.15) is 0 Å². The van der Waals surface area contributed by atoms with Crippen molar-refractivity contribution in [3.8, 4) is 5.75 Å². The lowest BCUT2D eigenvalue weighted by Crippen LogP contribution is -2.43. The molecule has 1 aliphatic carbocycles. The lowest BCUT2D eigenvalue weighted by molar-refractivity contribution is 0.0392. The Hall–Kier alpha value is -1.06. The molecule has 6 nitrogen and oxygen atoms in total. The highest BCUT2D eigenvalue weighted by atomic mass is 127. The number of guanidine groups is 1. The molecule has 0 bridgehead atoms. The second-order valence-corrected chi connectivity index (χ2v) is 8.23. The van der Waals surface area contributed by atoms with E-state index in [-0.39, 0.29) is 24.0 Å². The number of aliphatic imine (C=N–C) groups is 1. The number of halogens is 1. The van der Waals surface area contributed by atoms with E-state index in [1.165, 1.54) is 37.7 Å². The molecule has 170 valence electrons. The lowest BCUT2D eigenvalue weighted by Gasteiger charge is -2.31. The largest absolute Gasteiger partial charge is 0.492 e. The zero-order chi connectivity index (χ0) is 20.3. The number of hydrogen-bond acceptors (Lipinski definition) is 4. The van der Waals surface area contributed by atoms with Gasteiger partial charge in [0.05, 0.1) is 0 Å². The van der Waals surface area contributed by atoms with Crippen molar-refractivity contribution in [2.45, 2.75) is 63.6 Å². The molecular weight excluding hydrogens is 491 g/mol. The topological polar surface area (TPSA) is 58.1 Å². The molecule has 0 atom stereocenters. The monoisotopic (exact) mass is 530 g/mol. The van der Waals surface area contributed by atoms with E-state index in [0.29, 0.717) is 18.7 Å². The molecule has 0 spiro atoms. The fraction of sp³-hybridized carbons (Fsp3) is 0.696. The Kier molecular flexibility index (Phi) is 11.8. The number of likely N-dealkylation sites (N-methyl/N-ethyl adjacent to an activating group) is 1. The normalized spacial score (nSPS) is 18.7. The number of ether oxygens (including phenoxy) is 2. The Morgan fingerprint density at radius 1 is 1.17 bits per heavy atom. The van der Waals surface area contributed by atoms with E-state index in [9.17, 15) is 0 Å². The van der Waals surface area contributed by atoms with Crippen LogP contribution < -0.4 is 15.4 Å². The maximum Gasteiger partial charge on any atom is 0.191 e. The predicted molar refractivity (Wildman–Crippen MR) is 134 cm³/mol. The second kappa shape index (κ2) is 14.1. The van der Waals surface area contributed by atoms with E-state index < -0.39 is 0 Å². The van der Waals surface area contributed by atoms with Crippen LogP contribution >= 0.6 is 24.0 Å². The van der Waals surface area contributed by atoms with Crippen LogP contribution in [0.3, 0.4) is 0 Å². The van der Waals surface area contributed by atoms with Crippen LogP contribution in [0, 0.1) is 0 Å². The van der Waals surface area contributed by atoms with Crippen molar-refractivity contribution >= 4 is 29.9 Å². The second-order valence-electron chi connectivity index (χ2n) is 8.23. The third-order valence-electron chi connectivity index (χ3n) is 6.05. The third-order valence-corrected chi connectivity index (χ3v) is 6.05. The van der Waals surface area contributed by atoms with Crippen molar-refractivity contribution in [3.63, 3.8) is 0 Å². The minimum absolute atomic E-state index is 0. The first kappa shape index (κ1) is 25.2. The Balaban J connectivity index is 0.00000320. The summed E-state index contributed by atoms with van der Waals surface area (Å²) < 4.78 is 11.5. The minimum Gasteiger partial charge on any atom is -0.492 e. The van der Waals surface area contributed by atoms with E-state index in [4.69, 9.17) is 9.47 Å². The van der Waals surface area contributed by atoms with E-state index >= 15 is 0 Å². The van der Waals surface area contributed by atoms with Crippen molar-refractivity contribution in [1.82, 2.24) is 15.5 Å². The minimum atomic E-state index is 0. The maximum atomic E-state index is 6.02. The van der Waals surface area contributed by atoms with E-state index in [2.05, 4.69) is 45.8 Å². The lowest BCUT2D eigenvalue weighted by atomic mass is 9.96. The summed E-state index contributed by atoms with van der Waals surface area (Å²) in [6.07, 6.45) is 8.72. The highest BCUT2D eigenvalue weighted by molar-refractivity contribution is 14.0. The molecule has 1 saturated carbocycles. The Morgan fingerprint density at radius 2 is 1.93 bits per heavy atom. The highest BCUT2D eigenvalue weighted by Gasteiger charge is 2.18. The van der Waals surface area contributed by atoms with Crippen LogP contribution in [-0.4, -0.2) is 63.4 Å². The SMILES string of the molecule is CN=C(NCc1cccc(OCCN(C)C2CCOCC2)c1)NC1CCCCC1.I. The van der Waals surface area contributed by atoms with Gasteiger partial charge in [0.2, 0.25) is 0 Å². The molecule has 1 saturated heterocycles. The smallest absolute Gasteiger partial charge is 0.191 e. The van der Waals surface area contributed by atoms with Crippen LogP contribution in [0.4, 0.5) is 0 Å². The molecule has 1 aromatic rings. The number of rotatable bonds is 8. The van der Waals surface area contributed by atoms with E-state index in [1.54, 1.807) is 0 Å². The predicted octanol–water partition coefficient (Wildman–Crippen LogP) is 3.79. The molecular formula is C23H39IN4O2. The number of nitrogens with zero attached hydrogens (tertiary/aromatic N) is 2. The van der Waals surface area contributed by atoms with Crippen LogP contribution in [0.1, 0.15) is 50.5 Å². The summed E-state index contributed by atoms with van der Waals surface area (Å²) in [4.78, 5) is 6.78. The van der Waals surface area contributed by atoms with E-state index in [1.807, 2.05) is 13.1 Å². The van der Waals surface area contributed by atoms with Crippen molar-refractivity contribution < 1.29 is 9.47 Å². The number of benzene rings is 1. The van der Waals surface area contributed by atoms with Crippen LogP contribution in [0.2, 0.25) is 0 Å². The first-order valence-electron chi connectivity index (χ1n) is 11.2. The number of hydrogen-bond donors (Lipinski definition) is 2. The molecule has 1 aromatic carbocycles. The summed E-state index contributed by atoms with van der Waals surface area (Å²) in [5.74, 6) is 1.82. The van der Waals surface area contributed by atoms with Gasteiger partial charge in [-0.1, -0.05) is 31.4 Å². The van der Waals surface area contributed by atoms with Gasteiger partial charge in [0, 0.05) is 45.4 Å². The third kappa shape index (κ3) is 8.59. The van der Waals surface area contributed by atoms with Gasteiger partial charge in [-0.3, -0.25) is 9.89 Å². The molecule has 0 amide bonds. The fourth-order valence-electron chi connectivity index (χ4n) is 4.18. The molecule has 1 aliphatic heterocycles. The Morgan fingerprint density at radius 3 is 2.67 bits per heavy atom. The summed E-state index contributed by atoms with van der Waals surface area (Å²) >= 11 is 0. The summed E-state index contributed by atoms with van der Waals surface area (Å²) in [6, 6.07) is 9.51. The van der Waals surface area contributed by atoms with Gasteiger partial charge < -0.3 is 20.1 Å². The molecule has 0 unspecified atom stereocenters. The molecule has 2 N–H and O–H groups in total. The van der Waals surface area contributed by atoms with Crippen LogP contribution in [0.15, 0.2) is 29.3 Å². The average Bonchev–Trinajstić information content (AvgIpc) is 2.78. The molecule has 0 radical (unpaired) electrons. The molecule has 1 heterocycles. The van der Waals surface area contributed by atoms with Crippen molar-refractivity contribution in [2.24, 2.45) is 4.99 Å². The van der Waals surface area contributed by atoms with Gasteiger partial charge in [-0.15, -0.1) is 24.0 Å². The van der Waals surface area contributed by atoms with Crippen LogP contribution in [0.25, 0.3) is 0 Å². The van der Waals surface area contributed by atoms with Gasteiger partial charge in [-0.05, 0) is 50.4 Å². The summed E-state index contributed by atoms with van der Waals surface area (Å²) in [5.41, 5.74) is 1.20. The van der Waals surface area contributed by atoms with Crippen molar-refractivity contribution in [2.75, 3.05) is 40.5 Å². The summed E-state index contributed by atoms with van der Waals surface area (Å²) in [7, 11) is 4.03. The molecule has 3 rings (SSSR count). The van der Waals surface area contributed by atoms with Crippen LogP contribution in [-0.2, 0) is 11.3 Å². The van der Waals surface area contributed by atoms with Gasteiger partial charge in [0.15, 0.2) is 5.96 Å². The molecule has 0 aromatic heterocycles. The standard InChI is InChI=1S/C23H38N4O2.HI/c1-24-23(26-20-8-4-3-5-9-20)25-18-19-7-6-10-22(17-19)29-16-13-27(2)21-11-14-28-15-12-21;/h6-7,10,17,20-21H,3-5,8-9,11-16,18H2,1-2H3,(H2,24,25,26);1H. The van der Waals surface area contributed by atoms with Gasteiger partial charge in [0.25, 0.3) is 0 Å². The summed E-state index contributed by atoms with van der Waals surface area (Å²) in [6.45, 7) is 4.14. The van der Waals surface area contributed by atoms with Gasteiger partial charge >= 0.3 is 0 Å². The summed E-state index contributed by atoms with van der Waals surface area (Å²) in [5, 5.41) is 7.00. The van der Waals surface area contributed by atoms with Gasteiger partial charge in [-0.25, -0.2) is 0 Å². The van der Waals surface area contributed by atoms with Crippen molar-refractivity contribution in [3.05, 3.63) is 29.8 Å². The van der Waals surface area contributed by atoms with Crippen LogP contribution in [0.5, 0.6) is 5.75 Å². The van der Waals surface area contributed by atoms with Gasteiger partial charge in [0.1, 0.15) is 12.4 Å². The fourth-order valence-corrected chi connectivity index (χ4v) is 4.18. The Labute approximate surface area is 199 Å². The molecule has 7 heteroatoms. The first-order valence-corrected chi connectivity index (χ1v) is 11.2. The molecule has 2 fully saturated rings. The van der Waals surface area contributed by atoms with Crippen molar-refractivity contribution in [1.29, 1.82) is 0 Å². The highest BCUT2D eigenvalue weighted by Crippen LogP contribution is 2.18. The average molecular weight is 530 g/mol. The zero-order valence-electron chi connectivity index (χ0n) is 18.6. The Bertz CT molecular complexity index is 631. The zero-order valence-corrected chi connectivity index (χ0v) is 20.9. The quantitative estimate of drug-likeness (QED) is 0.305. The molecule has 30 heavy (non-hydrogen) atoms.